The summed E-state index contributed by atoms with van der Waals surface area (Å²) in [6.07, 6.45) is 5.18. The molecule has 0 spiro atoms. The molecule has 2 heterocycles. The maximum absolute atomic E-state index is 5.61. The molecule has 80 valence electrons. The van der Waals surface area contributed by atoms with Gasteiger partial charge in [-0.3, -0.25) is 0 Å². The number of fused-ring (bicyclic) bond motifs is 1. The Balaban J connectivity index is 1.97. The molecule has 0 aliphatic heterocycles. The van der Waals surface area contributed by atoms with E-state index in [0.29, 0.717) is 0 Å². The minimum absolute atomic E-state index is 0.748. The largest absolute Gasteiger partial charge is 0.307 e. The van der Waals surface area contributed by atoms with Crippen LogP contribution in [0.1, 0.15) is 12.1 Å². The van der Waals surface area contributed by atoms with E-state index in [4.69, 9.17) is 11.6 Å². The number of rotatable bonds is 5. The lowest BCUT2D eigenvalue weighted by Gasteiger charge is -1.95. The average molecular weight is 241 g/mol. The predicted molar refractivity (Wildman–Crippen MR) is 66.7 cm³/mol. The first kappa shape index (κ1) is 10.8. The van der Waals surface area contributed by atoms with E-state index in [9.17, 15) is 0 Å². The van der Waals surface area contributed by atoms with Crippen LogP contribution in [0.25, 0.3) is 5.65 Å². The second-order valence-corrected chi connectivity index (χ2v) is 4.78. The lowest BCUT2D eigenvalue weighted by molar-refractivity contribution is 1.11. The van der Waals surface area contributed by atoms with Gasteiger partial charge in [-0.25, -0.2) is 4.98 Å². The summed E-state index contributed by atoms with van der Waals surface area (Å²) < 4.78 is 2.05. The van der Waals surface area contributed by atoms with Crippen molar-refractivity contribution in [2.75, 3.05) is 11.6 Å². The van der Waals surface area contributed by atoms with Crippen molar-refractivity contribution in [1.82, 2.24) is 9.38 Å². The maximum atomic E-state index is 5.61. The summed E-state index contributed by atoms with van der Waals surface area (Å²) in [6, 6.07) is 6.04. The third kappa shape index (κ3) is 2.89. The molecular formula is C11H13ClN2S. The molecule has 2 nitrogen and oxygen atoms in total. The lowest BCUT2D eigenvalue weighted by Crippen LogP contribution is -1.84. The number of hydrogen-bond donors (Lipinski definition) is 0. The van der Waals surface area contributed by atoms with Gasteiger partial charge >= 0.3 is 0 Å². The predicted octanol–water partition coefficient (Wildman–Crippen LogP) is 3.20. The van der Waals surface area contributed by atoms with Crippen molar-refractivity contribution in [3.63, 3.8) is 0 Å². The smallest absolute Gasteiger partial charge is 0.137 e. The first-order valence-corrected chi connectivity index (χ1v) is 6.65. The Hall–Kier alpha value is -0.670. The molecule has 0 atom stereocenters. The van der Waals surface area contributed by atoms with E-state index in [1.54, 1.807) is 0 Å². The number of thioether (sulfide) groups is 1. The number of nitrogens with zero attached hydrogens (tertiary/aromatic N) is 2. The second kappa shape index (κ2) is 5.42. The van der Waals surface area contributed by atoms with Crippen molar-refractivity contribution in [1.29, 1.82) is 0 Å². The number of imidazole rings is 1. The van der Waals surface area contributed by atoms with Gasteiger partial charge in [0.15, 0.2) is 0 Å². The van der Waals surface area contributed by atoms with Gasteiger partial charge in [-0.15, -0.1) is 11.6 Å². The molecular weight excluding hydrogens is 228 g/mol. The zero-order chi connectivity index (χ0) is 10.5. The van der Waals surface area contributed by atoms with Crippen molar-refractivity contribution in [3.05, 3.63) is 36.3 Å². The van der Waals surface area contributed by atoms with Crippen molar-refractivity contribution in [2.45, 2.75) is 12.2 Å². The zero-order valence-corrected chi connectivity index (χ0v) is 9.97. The van der Waals surface area contributed by atoms with Crippen LogP contribution in [0.15, 0.2) is 30.6 Å². The normalized spacial score (nSPS) is 11.0. The molecule has 2 aromatic rings. The van der Waals surface area contributed by atoms with Gasteiger partial charge in [0.2, 0.25) is 0 Å². The van der Waals surface area contributed by atoms with Crippen LogP contribution in [0.2, 0.25) is 0 Å². The van der Waals surface area contributed by atoms with Gasteiger partial charge in [0.25, 0.3) is 0 Å². The third-order valence-corrected chi connectivity index (χ3v) is 3.43. The summed E-state index contributed by atoms with van der Waals surface area (Å²) in [4.78, 5) is 4.52. The van der Waals surface area contributed by atoms with E-state index in [2.05, 4.69) is 15.6 Å². The molecule has 0 saturated heterocycles. The summed E-state index contributed by atoms with van der Waals surface area (Å²) >= 11 is 7.50. The Morgan fingerprint density at radius 2 is 2.33 bits per heavy atom. The first-order chi connectivity index (χ1) is 7.40. The van der Waals surface area contributed by atoms with E-state index in [0.717, 1.165) is 35.1 Å². The molecule has 0 radical (unpaired) electrons. The van der Waals surface area contributed by atoms with E-state index in [1.807, 2.05) is 36.2 Å². The van der Waals surface area contributed by atoms with Crippen LogP contribution in [0, 0.1) is 0 Å². The Morgan fingerprint density at radius 3 is 3.13 bits per heavy atom. The SMILES string of the molecule is ClCCCSCc1cn2ccccc2n1. The fraction of sp³-hybridized carbons (Fsp3) is 0.364. The zero-order valence-electron chi connectivity index (χ0n) is 8.40. The van der Waals surface area contributed by atoms with Gasteiger partial charge in [-0.1, -0.05) is 6.07 Å². The molecule has 0 N–H and O–H groups in total. The number of halogens is 1. The molecule has 2 aromatic heterocycles. The fourth-order valence-electron chi connectivity index (χ4n) is 1.39. The standard InChI is InChI=1S/C11H13ClN2S/c12-5-3-7-15-9-10-8-14-6-2-1-4-11(14)13-10/h1-2,4,6,8H,3,5,7,9H2. The molecule has 0 saturated carbocycles. The molecule has 0 fully saturated rings. The topological polar surface area (TPSA) is 17.3 Å². The van der Waals surface area contributed by atoms with Crippen LogP contribution >= 0.6 is 23.4 Å². The minimum Gasteiger partial charge on any atom is -0.307 e. The van der Waals surface area contributed by atoms with E-state index < -0.39 is 0 Å². The van der Waals surface area contributed by atoms with Gasteiger partial charge in [0, 0.05) is 24.0 Å². The van der Waals surface area contributed by atoms with Crippen LogP contribution in [0.4, 0.5) is 0 Å². The Morgan fingerprint density at radius 1 is 1.40 bits per heavy atom. The highest BCUT2D eigenvalue weighted by molar-refractivity contribution is 7.98. The van der Waals surface area contributed by atoms with Crippen molar-refractivity contribution < 1.29 is 0 Å². The summed E-state index contributed by atoms with van der Waals surface area (Å²) in [5, 5.41) is 0. The third-order valence-electron chi connectivity index (χ3n) is 2.09. The van der Waals surface area contributed by atoms with E-state index in [-0.39, 0.29) is 0 Å². The van der Waals surface area contributed by atoms with Crippen LogP contribution < -0.4 is 0 Å². The molecule has 0 aromatic carbocycles. The maximum Gasteiger partial charge on any atom is 0.137 e. The highest BCUT2D eigenvalue weighted by Gasteiger charge is 2.00. The van der Waals surface area contributed by atoms with Gasteiger partial charge in [-0.05, 0) is 24.3 Å². The summed E-state index contributed by atoms with van der Waals surface area (Å²) in [5.41, 5.74) is 2.16. The van der Waals surface area contributed by atoms with Gasteiger partial charge in [-0.2, -0.15) is 11.8 Å². The highest BCUT2D eigenvalue weighted by atomic mass is 35.5. The molecule has 0 amide bonds. The van der Waals surface area contributed by atoms with Crippen molar-refractivity contribution >= 4 is 29.0 Å². The van der Waals surface area contributed by atoms with Gasteiger partial charge < -0.3 is 4.40 Å². The molecule has 0 aliphatic rings. The number of pyridine rings is 1. The van der Waals surface area contributed by atoms with Crippen LogP contribution in [0.3, 0.4) is 0 Å². The molecule has 4 heteroatoms. The molecule has 0 aliphatic carbocycles. The van der Waals surface area contributed by atoms with E-state index in [1.165, 1.54) is 0 Å². The van der Waals surface area contributed by atoms with Gasteiger partial charge in [0.1, 0.15) is 5.65 Å². The second-order valence-electron chi connectivity index (χ2n) is 3.29. The monoisotopic (exact) mass is 240 g/mol. The Bertz CT molecular complexity index is 394. The summed E-state index contributed by atoms with van der Waals surface area (Å²) in [6.45, 7) is 0. The minimum atomic E-state index is 0.748. The van der Waals surface area contributed by atoms with E-state index >= 15 is 0 Å². The highest BCUT2D eigenvalue weighted by Crippen LogP contribution is 2.13. The Kier molecular flexibility index (Phi) is 3.92. The Labute approximate surface area is 98.7 Å². The lowest BCUT2D eigenvalue weighted by atomic mass is 10.5. The van der Waals surface area contributed by atoms with Crippen LogP contribution in [0.5, 0.6) is 0 Å². The molecule has 0 bridgehead atoms. The average Bonchev–Trinajstić information content (AvgIpc) is 2.67. The molecule has 2 rings (SSSR count). The quantitative estimate of drug-likeness (QED) is 0.590. The molecule has 15 heavy (non-hydrogen) atoms. The number of hydrogen-bond acceptors (Lipinski definition) is 2. The number of aromatic nitrogens is 2. The van der Waals surface area contributed by atoms with Crippen molar-refractivity contribution in [2.24, 2.45) is 0 Å². The van der Waals surface area contributed by atoms with Crippen molar-refractivity contribution in [3.8, 4) is 0 Å². The molecule has 0 unspecified atom stereocenters. The van der Waals surface area contributed by atoms with Crippen LogP contribution in [-0.2, 0) is 5.75 Å². The van der Waals surface area contributed by atoms with Gasteiger partial charge in [0.05, 0.1) is 5.69 Å². The fourth-order valence-corrected chi connectivity index (χ4v) is 2.52. The first-order valence-electron chi connectivity index (χ1n) is 4.96. The van der Waals surface area contributed by atoms with Crippen LogP contribution in [-0.4, -0.2) is 21.0 Å². The summed E-state index contributed by atoms with van der Waals surface area (Å²) in [5.74, 6) is 2.83. The number of alkyl halides is 1. The summed E-state index contributed by atoms with van der Waals surface area (Å²) in [7, 11) is 0.